The van der Waals surface area contributed by atoms with Gasteiger partial charge >= 0.3 is 0 Å². The molecule has 0 saturated heterocycles. The van der Waals surface area contributed by atoms with E-state index in [2.05, 4.69) is 5.32 Å². The zero-order valence-electron chi connectivity index (χ0n) is 13.7. The van der Waals surface area contributed by atoms with Gasteiger partial charge < -0.3 is 19.9 Å². The number of phenols is 1. The highest BCUT2D eigenvalue weighted by Crippen LogP contribution is 2.39. The number of methoxy groups -OCH3 is 1. The molecule has 24 heavy (non-hydrogen) atoms. The Morgan fingerprint density at radius 3 is 2.79 bits per heavy atom. The molecule has 0 unspecified atom stereocenters. The molecule has 0 atom stereocenters. The van der Waals surface area contributed by atoms with Gasteiger partial charge in [0.1, 0.15) is 23.1 Å². The Balaban J connectivity index is 2.04. The Kier molecular flexibility index (Phi) is 4.60. The molecule has 0 radical (unpaired) electrons. The van der Waals surface area contributed by atoms with Gasteiger partial charge in [0, 0.05) is 23.7 Å². The number of anilines is 1. The van der Waals surface area contributed by atoms with E-state index in [1.165, 1.54) is 6.07 Å². The number of hydrogen-bond donors (Lipinski definition) is 2. The summed E-state index contributed by atoms with van der Waals surface area (Å²) in [6, 6.07) is 7.96. The van der Waals surface area contributed by atoms with Crippen molar-refractivity contribution in [2.45, 2.75) is 13.3 Å². The first-order chi connectivity index (χ1) is 11.6. The molecule has 0 fully saturated rings. The van der Waals surface area contributed by atoms with Crippen molar-refractivity contribution in [3.05, 3.63) is 47.3 Å². The van der Waals surface area contributed by atoms with Gasteiger partial charge in [0.15, 0.2) is 0 Å². The Labute approximate surface area is 140 Å². The van der Waals surface area contributed by atoms with Crippen LogP contribution in [0.4, 0.5) is 10.1 Å². The predicted molar refractivity (Wildman–Crippen MR) is 93.2 cm³/mol. The molecular weight excluding hydrogens is 309 g/mol. The van der Waals surface area contributed by atoms with Crippen molar-refractivity contribution < 1.29 is 19.0 Å². The highest BCUT2D eigenvalue weighted by molar-refractivity contribution is 5.93. The summed E-state index contributed by atoms with van der Waals surface area (Å²) in [7, 11) is 1.54. The van der Waals surface area contributed by atoms with Crippen LogP contribution in [0.5, 0.6) is 17.2 Å². The van der Waals surface area contributed by atoms with Crippen LogP contribution in [0.3, 0.4) is 0 Å². The van der Waals surface area contributed by atoms with Crippen molar-refractivity contribution in [1.82, 2.24) is 0 Å². The number of phenolic OH excluding ortho intramolecular Hbond substituents is 1. The third kappa shape index (κ3) is 3.02. The Morgan fingerprint density at radius 2 is 2.04 bits per heavy atom. The number of rotatable bonds is 5. The van der Waals surface area contributed by atoms with E-state index in [0.717, 1.165) is 17.6 Å². The molecule has 1 aliphatic rings. The highest BCUT2D eigenvalue weighted by Gasteiger charge is 2.20. The molecule has 0 aliphatic carbocycles. The van der Waals surface area contributed by atoms with Gasteiger partial charge in [-0.2, -0.15) is 0 Å². The van der Waals surface area contributed by atoms with Gasteiger partial charge in [-0.05, 0) is 42.3 Å². The quantitative estimate of drug-likeness (QED) is 0.859. The number of aromatic hydroxyl groups is 1. The number of hydrogen-bond acceptors (Lipinski definition) is 4. The zero-order valence-corrected chi connectivity index (χ0v) is 13.7. The molecule has 2 aromatic rings. The first-order valence-electron chi connectivity index (χ1n) is 7.91. The molecule has 0 aromatic heterocycles. The second kappa shape index (κ2) is 6.83. The first kappa shape index (κ1) is 16.2. The van der Waals surface area contributed by atoms with Crippen LogP contribution >= 0.6 is 0 Å². The van der Waals surface area contributed by atoms with Crippen LogP contribution in [0, 0.1) is 5.82 Å². The number of ether oxygens (including phenoxy) is 2. The average molecular weight is 329 g/mol. The maximum Gasteiger partial charge on any atom is 0.143 e. The van der Waals surface area contributed by atoms with E-state index in [9.17, 15) is 9.50 Å². The van der Waals surface area contributed by atoms with Crippen LogP contribution in [-0.2, 0) is 0 Å². The minimum absolute atomic E-state index is 0.127. The van der Waals surface area contributed by atoms with Gasteiger partial charge in [-0.25, -0.2) is 4.39 Å². The monoisotopic (exact) mass is 329 g/mol. The van der Waals surface area contributed by atoms with Crippen molar-refractivity contribution >= 4 is 17.3 Å². The Morgan fingerprint density at radius 1 is 1.21 bits per heavy atom. The number of halogens is 1. The van der Waals surface area contributed by atoms with E-state index in [-0.39, 0.29) is 11.6 Å². The van der Waals surface area contributed by atoms with E-state index in [0.29, 0.717) is 35.9 Å². The number of nitrogens with one attached hydrogen (secondary N) is 1. The van der Waals surface area contributed by atoms with Crippen molar-refractivity contribution in [2.75, 3.05) is 25.6 Å². The van der Waals surface area contributed by atoms with Crippen LogP contribution < -0.4 is 14.8 Å². The van der Waals surface area contributed by atoms with Crippen LogP contribution in [0.2, 0.25) is 0 Å². The smallest absolute Gasteiger partial charge is 0.143 e. The fourth-order valence-electron chi connectivity index (χ4n) is 2.76. The van der Waals surface area contributed by atoms with E-state index in [1.54, 1.807) is 37.5 Å². The highest BCUT2D eigenvalue weighted by atomic mass is 19.1. The van der Waals surface area contributed by atoms with Crippen molar-refractivity contribution in [1.29, 1.82) is 0 Å². The molecule has 1 heterocycles. The molecule has 126 valence electrons. The van der Waals surface area contributed by atoms with Crippen LogP contribution in [0.25, 0.3) is 11.6 Å². The van der Waals surface area contributed by atoms with E-state index >= 15 is 0 Å². The van der Waals surface area contributed by atoms with Gasteiger partial charge in [0.2, 0.25) is 0 Å². The lowest BCUT2D eigenvalue weighted by Gasteiger charge is -2.23. The summed E-state index contributed by atoms with van der Waals surface area (Å²) < 4.78 is 25.3. The van der Waals surface area contributed by atoms with Gasteiger partial charge in [-0.3, -0.25) is 0 Å². The topological polar surface area (TPSA) is 50.7 Å². The largest absolute Gasteiger partial charge is 0.508 e. The van der Waals surface area contributed by atoms with Gasteiger partial charge in [0.05, 0.1) is 19.4 Å². The molecule has 1 aliphatic heterocycles. The lowest BCUT2D eigenvalue weighted by Crippen LogP contribution is -2.13. The predicted octanol–water partition coefficient (Wildman–Crippen LogP) is 4.29. The molecule has 2 N–H and O–H groups in total. The summed E-state index contributed by atoms with van der Waals surface area (Å²) in [5.74, 6) is 1.02. The van der Waals surface area contributed by atoms with Gasteiger partial charge in [0.25, 0.3) is 0 Å². The maximum absolute atomic E-state index is 14.3. The van der Waals surface area contributed by atoms with E-state index in [1.807, 2.05) is 6.92 Å². The average Bonchev–Trinajstić information content (AvgIpc) is 2.61. The van der Waals surface area contributed by atoms with Crippen LogP contribution in [0.1, 0.15) is 24.5 Å². The molecule has 3 rings (SSSR count). The standard InChI is InChI=1S/C19H20FNO3/c1-3-8-24-17-7-6-16(20)15-9-12(11-21-19(15)17)14-5-4-13(22)10-18(14)23-2/h4-7,9-10,21-22H,3,8,11H2,1-2H3. The fraction of sp³-hybridized carbons (Fsp3) is 0.263. The van der Waals surface area contributed by atoms with Gasteiger partial charge in [-0.1, -0.05) is 6.92 Å². The van der Waals surface area contributed by atoms with Crippen molar-refractivity contribution in [2.24, 2.45) is 0 Å². The molecule has 0 spiro atoms. The molecular formula is C19H20FNO3. The maximum atomic E-state index is 14.3. The normalized spacial score (nSPS) is 12.9. The summed E-state index contributed by atoms with van der Waals surface area (Å²) in [6.45, 7) is 3.13. The molecule has 5 heteroatoms. The van der Waals surface area contributed by atoms with Crippen LogP contribution in [-0.4, -0.2) is 25.4 Å². The fourth-order valence-corrected chi connectivity index (χ4v) is 2.76. The van der Waals surface area contributed by atoms with E-state index < -0.39 is 0 Å². The molecule has 0 amide bonds. The molecule has 4 nitrogen and oxygen atoms in total. The summed E-state index contributed by atoms with van der Waals surface area (Å²) in [6.07, 6.45) is 2.69. The van der Waals surface area contributed by atoms with Crippen molar-refractivity contribution in [3.63, 3.8) is 0 Å². The second-order valence-corrected chi connectivity index (χ2v) is 5.59. The SMILES string of the molecule is CCCOc1ccc(F)c2c1NCC(c1ccc(O)cc1OC)=C2. The third-order valence-corrected chi connectivity index (χ3v) is 3.92. The number of benzene rings is 2. The number of fused-ring (bicyclic) bond motifs is 1. The minimum Gasteiger partial charge on any atom is -0.508 e. The minimum atomic E-state index is -0.309. The summed E-state index contributed by atoms with van der Waals surface area (Å²) in [5.41, 5.74) is 2.84. The Hall–Kier alpha value is -2.69. The lowest BCUT2D eigenvalue weighted by atomic mass is 9.97. The first-order valence-corrected chi connectivity index (χ1v) is 7.91. The summed E-state index contributed by atoms with van der Waals surface area (Å²) in [5, 5.41) is 12.8. The lowest BCUT2D eigenvalue weighted by molar-refractivity contribution is 0.318. The Bertz CT molecular complexity index is 786. The summed E-state index contributed by atoms with van der Waals surface area (Å²) in [4.78, 5) is 0. The second-order valence-electron chi connectivity index (χ2n) is 5.59. The van der Waals surface area contributed by atoms with Gasteiger partial charge in [-0.15, -0.1) is 0 Å². The molecule has 2 aromatic carbocycles. The van der Waals surface area contributed by atoms with Crippen LogP contribution in [0.15, 0.2) is 30.3 Å². The molecule has 0 bridgehead atoms. The molecule has 0 saturated carbocycles. The third-order valence-electron chi connectivity index (χ3n) is 3.92. The zero-order chi connectivity index (χ0) is 17.1. The van der Waals surface area contributed by atoms with E-state index in [4.69, 9.17) is 9.47 Å². The van der Waals surface area contributed by atoms with Crippen molar-refractivity contribution in [3.8, 4) is 17.2 Å². The summed E-state index contributed by atoms with van der Waals surface area (Å²) >= 11 is 0.